The maximum Gasteiger partial charge on any atom is 0.258 e. The van der Waals surface area contributed by atoms with Crippen LogP contribution in [0, 0.1) is 0 Å². The lowest BCUT2D eigenvalue weighted by molar-refractivity contribution is -0.116. The summed E-state index contributed by atoms with van der Waals surface area (Å²) >= 11 is 0. The van der Waals surface area contributed by atoms with Gasteiger partial charge in [0.2, 0.25) is 5.91 Å². The van der Waals surface area contributed by atoms with E-state index in [1.807, 2.05) is 47.4 Å². The van der Waals surface area contributed by atoms with Gasteiger partial charge in [-0.15, -0.1) is 0 Å². The highest BCUT2D eigenvalue weighted by Gasteiger charge is 2.35. The summed E-state index contributed by atoms with van der Waals surface area (Å²) in [6.07, 6.45) is 3.73. The molecular weight excluding hydrogens is 338 g/mol. The van der Waals surface area contributed by atoms with Crippen molar-refractivity contribution < 1.29 is 9.59 Å². The number of benzene rings is 2. The summed E-state index contributed by atoms with van der Waals surface area (Å²) < 4.78 is 0. The van der Waals surface area contributed by atoms with Crippen LogP contribution in [0.1, 0.15) is 28.8 Å². The molecule has 1 aliphatic heterocycles. The predicted octanol–water partition coefficient (Wildman–Crippen LogP) is 3.12. The Morgan fingerprint density at radius 3 is 2.41 bits per heavy atom. The first-order valence-corrected chi connectivity index (χ1v) is 9.34. The molecule has 1 heterocycles. The molecule has 1 aliphatic carbocycles. The Kier molecular flexibility index (Phi) is 4.67. The minimum Gasteiger partial charge on any atom is -0.365 e. The monoisotopic (exact) mass is 361 g/mol. The number of rotatable bonds is 5. The number of anilines is 2. The molecule has 1 fully saturated rings. The van der Waals surface area contributed by atoms with E-state index in [1.54, 1.807) is 0 Å². The van der Waals surface area contributed by atoms with Crippen molar-refractivity contribution in [3.8, 4) is 0 Å². The minimum atomic E-state index is -0.208. The van der Waals surface area contributed by atoms with Gasteiger partial charge in [-0.2, -0.15) is 0 Å². The van der Waals surface area contributed by atoms with E-state index in [-0.39, 0.29) is 11.8 Å². The molecule has 0 atom stereocenters. The normalized spacial score (nSPS) is 15.9. The molecule has 2 aliphatic rings. The average molecular weight is 361 g/mol. The fourth-order valence-corrected chi connectivity index (χ4v) is 3.54. The molecule has 2 aromatic rings. The van der Waals surface area contributed by atoms with Gasteiger partial charge in [-0.1, -0.05) is 30.8 Å². The first kappa shape index (κ1) is 17.3. The van der Waals surface area contributed by atoms with Crippen molar-refractivity contribution in [2.45, 2.75) is 25.4 Å². The molecule has 1 N–H and O–H groups in total. The highest BCUT2D eigenvalue weighted by molar-refractivity contribution is 6.08. The minimum absolute atomic E-state index is 0.0135. The molecule has 27 heavy (non-hydrogen) atoms. The second-order valence-corrected chi connectivity index (χ2v) is 6.99. The average Bonchev–Trinajstić information content (AvgIpc) is 3.56. The lowest BCUT2D eigenvalue weighted by Crippen LogP contribution is -2.45. The summed E-state index contributed by atoms with van der Waals surface area (Å²) in [5.74, 6) is -0.195. The van der Waals surface area contributed by atoms with Gasteiger partial charge in [-0.05, 0) is 48.7 Å². The van der Waals surface area contributed by atoms with E-state index >= 15 is 0 Å². The summed E-state index contributed by atoms with van der Waals surface area (Å²) in [4.78, 5) is 28.7. The lowest BCUT2D eigenvalue weighted by atomic mass is 10.1. The van der Waals surface area contributed by atoms with E-state index in [0.29, 0.717) is 24.7 Å². The Morgan fingerprint density at radius 1 is 1.04 bits per heavy atom. The van der Waals surface area contributed by atoms with Gasteiger partial charge < -0.3 is 15.1 Å². The Labute approximate surface area is 159 Å². The van der Waals surface area contributed by atoms with E-state index in [2.05, 4.69) is 22.9 Å². The van der Waals surface area contributed by atoms with Gasteiger partial charge in [0.15, 0.2) is 0 Å². The fourth-order valence-electron chi connectivity index (χ4n) is 3.54. The van der Waals surface area contributed by atoms with Crippen molar-refractivity contribution in [3.63, 3.8) is 0 Å². The number of nitrogens with zero attached hydrogens (tertiary/aromatic N) is 2. The molecule has 2 aromatic carbocycles. The smallest absolute Gasteiger partial charge is 0.258 e. The van der Waals surface area contributed by atoms with Crippen LogP contribution in [0.4, 0.5) is 11.4 Å². The van der Waals surface area contributed by atoms with Gasteiger partial charge >= 0.3 is 0 Å². The highest BCUT2D eigenvalue weighted by Crippen LogP contribution is 2.40. The van der Waals surface area contributed by atoms with Crippen LogP contribution < -0.4 is 15.1 Å². The van der Waals surface area contributed by atoms with E-state index in [1.165, 1.54) is 18.9 Å². The first-order chi connectivity index (χ1) is 13.2. The van der Waals surface area contributed by atoms with Crippen LogP contribution in [-0.2, 0) is 11.3 Å². The van der Waals surface area contributed by atoms with Crippen molar-refractivity contribution in [2.75, 3.05) is 22.9 Å². The number of hydrogen-bond acceptors (Lipinski definition) is 3. The molecule has 0 spiro atoms. The highest BCUT2D eigenvalue weighted by atomic mass is 16.2. The largest absolute Gasteiger partial charge is 0.365 e. The predicted molar refractivity (Wildman–Crippen MR) is 107 cm³/mol. The Morgan fingerprint density at radius 2 is 1.74 bits per heavy atom. The third kappa shape index (κ3) is 3.58. The van der Waals surface area contributed by atoms with Crippen LogP contribution in [0.15, 0.2) is 61.2 Å². The molecule has 0 aromatic heterocycles. The molecule has 0 bridgehead atoms. The summed E-state index contributed by atoms with van der Waals surface area (Å²) in [7, 11) is 0. The summed E-state index contributed by atoms with van der Waals surface area (Å²) in [5.41, 5.74) is 3.75. The second-order valence-electron chi connectivity index (χ2n) is 6.99. The number of para-hydroxylation sites is 2. The molecule has 0 radical (unpaired) electrons. The zero-order valence-corrected chi connectivity index (χ0v) is 15.2. The van der Waals surface area contributed by atoms with E-state index in [4.69, 9.17) is 0 Å². The van der Waals surface area contributed by atoms with Gasteiger partial charge in [0.1, 0.15) is 0 Å². The van der Waals surface area contributed by atoms with Gasteiger partial charge in [-0.25, -0.2) is 0 Å². The SMILES string of the molecule is C=CC(=O)NCc1ccc(C(=O)N2CCN(C3CC3)c3ccccc32)cc1. The maximum absolute atomic E-state index is 13.1. The third-order valence-electron chi connectivity index (χ3n) is 5.13. The second kappa shape index (κ2) is 7.27. The summed E-state index contributed by atoms with van der Waals surface area (Å²) in [6, 6.07) is 16.2. The van der Waals surface area contributed by atoms with E-state index in [9.17, 15) is 9.59 Å². The van der Waals surface area contributed by atoms with Crippen LogP contribution in [-0.4, -0.2) is 30.9 Å². The van der Waals surface area contributed by atoms with Crippen LogP contribution in [0.5, 0.6) is 0 Å². The molecule has 1 saturated carbocycles. The molecule has 5 nitrogen and oxygen atoms in total. The van der Waals surface area contributed by atoms with Crippen molar-refractivity contribution in [1.29, 1.82) is 0 Å². The lowest BCUT2D eigenvalue weighted by Gasteiger charge is -2.38. The van der Waals surface area contributed by atoms with Crippen LogP contribution >= 0.6 is 0 Å². The number of carbonyl (C=O) groups is 2. The maximum atomic E-state index is 13.1. The van der Waals surface area contributed by atoms with E-state index in [0.717, 1.165) is 23.5 Å². The number of fused-ring (bicyclic) bond motifs is 1. The molecule has 5 heteroatoms. The Bertz CT molecular complexity index is 871. The first-order valence-electron chi connectivity index (χ1n) is 9.34. The molecular formula is C22H23N3O2. The Hall–Kier alpha value is -3.08. The van der Waals surface area contributed by atoms with Crippen LogP contribution in [0.25, 0.3) is 0 Å². The quantitative estimate of drug-likeness (QED) is 0.833. The number of amides is 2. The molecule has 0 unspecified atom stereocenters. The summed E-state index contributed by atoms with van der Waals surface area (Å²) in [6.45, 7) is 5.43. The molecule has 0 saturated heterocycles. The third-order valence-corrected chi connectivity index (χ3v) is 5.13. The van der Waals surface area contributed by atoms with Crippen molar-refractivity contribution in [3.05, 3.63) is 72.3 Å². The van der Waals surface area contributed by atoms with Crippen molar-refractivity contribution in [2.24, 2.45) is 0 Å². The topological polar surface area (TPSA) is 52.7 Å². The van der Waals surface area contributed by atoms with Crippen LogP contribution in [0.3, 0.4) is 0 Å². The molecule has 4 rings (SSSR count). The van der Waals surface area contributed by atoms with Crippen molar-refractivity contribution >= 4 is 23.2 Å². The standard InChI is InChI=1S/C22H23N3O2/c1-2-21(26)23-15-16-7-9-17(10-8-16)22(27)25-14-13-24(18-11-12-18)19-5-3-4-6-20(19)25/h2-10,18H,1,11-15H2,(H,23,26). The van der Waals surface area contributed by atoms with Crippen LogP contribution in [0.2, 0.25) is 0 Å². The Balaban J connectivity index is 1.51. The van der Waals surface area contributed by atoms with Gasteiger partial charge in [0.05, 0.1) is 11.4 Å². The fraction of sp³-hybridized carbons (Fsp3) is 0.273. The number of hydrogen-bond donors (Lipinski definition) is 1. The molecule has 2 amide bonds. The van der Waals surface area contributed by atoms with Gasteiger partial charge in [0.25, 0.3) is 5.91 Å². The zero-order valence-electron chi connectivity index (χ0n) is 15.2. The van der Waals surface area contributed by atoms with Crippen molar-refractivity contribution in [1.82, 2.24) is 5.32 Å². The zero-order chi connectivity index (χ0) is 18.8. The summed E-state index contributed by atoms with van der Waals surface area (Å²) in [5, 5.41) is 2.74. The number of carbonyl (C=O) groups excluding carboxylic acids is 2. The van der Waals surface area contributed by atoms with Gasteiger partial charge in [0, 0.05) is 31.2 Å². The van der Waals surface area contributed by atoms with E-state index < -0.39 is 0 Å². The number of nitrogens with one attached hydrogen (secondary N) is 1. The molecule has 138 valence electrons. The van der Waals surface area contributed by atoms with Gasteiger partial charge in [-0.3, -0.25) is 9.59 Å².